The van der Waals surface area contributed by atoms with Gasteiger partial charge in [0.1, 0.15) is 5.84 Å². The number of nitrogens with two attached hydrogens (primary N) is 1. The molecule has 0 amide bonds. The summed E-state index contributed by atoms with van der Waals surface area (Å²) in [5.74, 6) is 0.729. The van der Waals surface area contributed by atoms with Gasteiger partial charge in [-0.15, -0.1) is 16.2 Å². The summed E-state index contributed by atoms with van der Waals surface area (Å²) in [5, 5.41) is 0.560. The van der Waals surface area contributed by atoms with Crippen LogP contribution in [0.3, 0.4) is 0 Å². The van der Waals surface area contributed by atoms with Crippen LogP contribution in [-0.4, -0.2) is 32.1 Å². The highest BCUT2D eigenvalue weighted by Crippen LogP contribution is 2.18. The van der Waals surface area contributed by atoms with E-state index in [9.17, 15) is 8.42 Å². The monoisotopic (exact) mass is 309 g/mol. The highest BCUT2D eigenvalue weighted by Gasteiger charge is 2.07. The van der Waals surface area contributed by atoms with Crippen LogP contribution in [0.15, 0.2) is 22.7 Å². The highest BCUT2D eigenvalue weighted by atomic mass is 35.5. The van der Waals surface area contributed by atoms with Crippen molar-refractivity contribution in [3.8, 4) is 0 Å². The SMILES string of the molecule is COS(=O)(=O)N=C(N)CSCc1ncccc1Cl. The van der Waals surface area contributed by atoms with Gasteiger partial charge in [0, 0.05) is 11.9 Å². The van der Waals surface area contributed by atoms with Gasteiger partial charge in [-0.3, -0.25) is 9.17 Å². The maximum Gasteiger partial charge on any atom is 0.382 e. The molecule has 0 saturated carbocycles. The van der Waals surface area contributed by atoms with Crippen molar-refractivity contribution in [2.45, 2.75) is 5.75 Å². The third-order valence-corrected chi connectivity index (χ3v) is 3.96. The van der Waals surface area contributed by atoms with Crippen LogP contribution in [0.2, 0.25) is 5.02 Å². The summed E-state index contributed by atoms with van der Waals surface area (Å²) >= 11 is 7.27. The summed E-state index contributed by atoms with van der Waals surface area (Å²) in [7, 11) is -2.89. The lowest BCUT2D eigenvalue weighted by atomic mass is 10.4. The first-order chi connectivity index (χ1) is 8.44. The smallest absolute Gasteiger partial charge is 0.382 e. The maximum atomic E-state index is 11.0. The van der Waals surface area contributed by atoms with Crippen LogP contribution in [0.4, 0.5) is 0 Å². The minimum atomic E-state index is -3.91. The molecule has 0 aliphatic rings. The third kappa shape index (κ3) is 5.21. The summed E-state index contributed by atoms with van der Waals surface area (Å²) in [6, 6.07) is 3.47. The fourth-order valence-corrected chi connectivity index (χ4v) is 2.56. The van der Waals surface area contributed by atoms with E-state index in [1.165, 1.54) is 11.8 Å². The molecule has 6 nitrogen and oxygen atoms in total. The van der Waals surface area contributed by atoms with Crippen molar-refractivity contribution < 1.29 is 12.6 Å². The van der Waals surface area contributed by atoms with Gasteiger partial charge in [-0.25, -0.2) is 0 Å². The Morgan fingerprint density at radius 3 is 3.00 bits per heavy atom. The summed E-state index contributed by atoms with van der Waals surface area (Å²) in [6.07, 6.45) is 1.63. The molecule has 1 aromatic heterocycles. The van der Waals surface area contributed by atoms with E-state index in [2.05, 4.69) is 13.6 Å². The second-order valence-electron chi connectivity index (χ2n) is 3.10. The molecule has 0 saturated heterocycles. The van der Waals surface area contributed by atoms with Crippen LogP contribution < -0.4 is 5.73 Å². The van der Waals surface area contributed by atoms with Gasteiger partial charge < -0.3 is 5.73 Å². The van der Waals surface area contributed by atoms with E-state index in [4.69, 9.17) is 17.3 Å². The minimum Gasteiger partial charge on any atom is -0.386 e. The lowest BCUT2D eigenvalue weighted by Gasteiger charge is -2.03. The largest absolute Gasteiger partial charge is 0.386 e. The molecule has 0 unspecified atom stereocenters. The predicted molar refractivity (Wildman–Crippen MR) is 73.0 cm³/mol. The lowest BCUT2D eigenvalue weighted by molar-refractivity contribution is 0.399. The molecule has 18 heavy (non-hydrogen) atoms. The van der Waals surface area contributed by atoms with Crippen molar-refractivity contribution in [2.75, 3.05) is 12.9 Å². The van der Waals surface area contributed by atoms with Crippen LogP contribution >= 0.6 is 23.4 Å². The number of pyridine rings is 1. The number of amidine groups is 1. The molecule has 0 bridgehead atoms. The molecule has 0 aliphatic heterocycles. The number of aromatic nitrogens is 1. The van der Waals surface area contributed by atoms with Crippen LogP contribution in [-0.2, 0) is 20.2 Å². The predicted octanol–water partition coefficient (Wildman–Crippen LogP) is 1.22. The quantitative estimate of drug-likeness (QED) is 0.627. The molecule has 9 heteroatoms. The fourth-order valence-electron chi connectivity index (χ4n) is 0.984. The Hall–Kier alpha value is -0.830. The van der Waals surface area contributed by atoms with Crippen molar-refractivity contribution in [3.05, 3.63) is 29.0 Å². The van der Waals surface area contributed by atoms with Gasteiger partial charge in [0.05, 0.1) is 23.6 Å². The second kappa shape index (κ2) is 6.93. The van der Waals surface area contributed by atoms with Crippen molar-refractivity contribution in [1.29, 1.82) is 0 Å². The number of hydrogen-bond acceptors (Lipinski definition) is 5. The van der Waals surface area contributed by atoms with E-state index in [0.717, 1.165) is 7.11 Å². The highest BCUT2D eigenvalue weighted by molar-refractivity contribution is 7.99. The van der Waals surface area contributed by atoms with Crippen LogP contribution in [0.5, 0.6) is 0 Å². The molecular formula is C9H12ClN3O3S2. The zero-order valence-corrected chi connectivity index (χ0v) is 11.9. The Kier molecular flexibility index (Phi) is 5.86. The Labute approximate surface area is 115 Å². The van der Waals surface area contributed by atoms with E-state index < -0.39 is 10.3 Å². The maximum absolute atomic E-state index is 11.0. The normalized spacial score (nSPS) is 12.7. The fraction of sp³-hybridized carbons (Fsp3) is 0.333. The molecule has 0 aromatic carbocycles. The van der Waals surface area contributed by atoms with Crippen molar-refractivity contribution in [1.82, 2.24) is 4.98 Å². The number of halogens is 1. The second-order valence-corrected chi connectivity index (χ2v) is 5.87. The van der Waals surface area contributed by atoms with Gasteiger partial charge >= 0.3 is 10.3 Å². The van der Waals surface area contributed by atoms with Gasteiger partial charge in [-0.2, -0.15) is 8.42 Å². The van der Waals surface area contributed by atoms with Crippen molar-refractivity contribution >= 4 is 39.5 Å². The first-order valence-electron chi connectivity index (χ1n) is 4.76. The Morgan fingerprint density at radius 2 is 2.39 bits per heavy atom. The minimum absolute atomic E-state index is 0.0334. The lowest BCUT2D eigenvalue weighted by Crippen LogP contribution is -2.17. The van der Waals surface area contributed by atoms with Crippen LogP contribution in [0.25, 0.3) is 0 Å². The van der Waals surface area contributed by atoms with E-state index in [1.807, 2.05) is 0 Å². The molecule has 1 heterocycles. The zero-order valence-electron chi connectivity index (χ0n) is 9.54. The molecule has 0 fully saturated rings. The Balaban J connectivity index is 2.51. The molecule has 2 N–H and O–H groups in total. The summed E-state index contributed by atoms with van der Waals surface area (Å²) in [5.41, 5.74) is 6.17. The summed E-state index contributed by atoms with van der Waals surface area (Å²) in [6.45, 7) is 0. The molecule has 1 aromatic rings. The molecule has 0 atom stereocenters. The van der Waals surface area contributed by atoms with Gasteiger partial charge in [0.25, 0.3) is 0 Å². The van der Waals surface area contributed by atoms with E-state index in [-0.39, 0.29) is 11.6 Å². The average Bonchev–Trinajstić information content (AvgIpc) is 2.31. The number of hydrogen-bond donors (Lipinski definition) is 1. The number of nitrogens with zero attached hydrogens (tertiary/aromatic N) is 2. The van der Waals surface area contributed by atoms with E-state index in [0.29, 0.717) is 16.5 Å². The van der Waals surface area contributed by atoms with Crippen molar-refractivity contribution in [3.63, 3.8) is 0 Å². The van der Waals surface area contributed by atoms with Crippen LogP contribution in [0.1, 0.15) is 5.69 Å². The third-order valence-electron chi connectivity index (χ3n) is 1.76. The summed E-state index contributed by atoms with van der Waals surface area (Å²) < 4.78 is 29.3. The first-order valence-corrected chi connectivity index (χ1v) is 7.66. The van der Waals surface area contributed by atoms with E-state index >= 15 is 0 Å². The van der Waals surface area contributed by atoms with E-state index in [1.54, 1.807) is 18.3 Å². The van der Waals surface area contributed by atoms with Gasteiger partial charge in [-0.05, 0) is 12.1 Å². The Bertz CT molecular complexity index is 534. The summed E-state index contributed by atoms with van der Waals surface area (Å²) in [4.78, 5) is 4.09. The molecule has 0 aliphatic carbocycles. The van der Waals surface area contributed by atoms with Gasteiger partial charge in [0.2, 0.25) is 0 Å². The number of rotatable bonds is 6. The molecule has 0 radical (unpaired) electrons. The first kappa shape index (κ1) is 15.2. The number of thioether (sulfide) groups is 1. The molecule has 1 rings (SSSR count). The average molecular weight is 310 g/mol. The van der Waals surface area contributed by atoms with Gasteiger partial charge in [-0.1, -0.05) is 11.6 Å². The molecule has 100 valence electrons. The van der Waals surface area contributed by atoms with Gasteiger partial charge in [0.15, 0.2) is 0 Å². The molecular weight excluding hydrogens is 298 g/mol. The van der Waals surface area contributed by atoms with Crippen LogP contribution in [0, 0.1) is 0 Å². The topological polar surface area (TPSA) is 94.6 Å². The Morgan fingerprint density at radius 1 is 1.67 bits per heavy atom. The zero-order chi connectivity index (χ0) is 13.6. The standard InChI is InChI=1S/C9H12ClN3O3S2/c1-16-18(14,15)13-9(11)6-17-5-8-7(10)3-2-4-12-8/h2-4H,5-6H2,1H3,(H2,11,13). The van der Waals surface area contributed by atoms with Crippen molar-refractivity contribution in [2.24, 2.45) is 10.1 Å². The molecule has 0 spiro atoms.